The molecule has 0 spiro atoms. The molecule has 0 N–H and O–H groups in total. The quantitative estimate of drug-likeness (QED) is 0.671. The number of benzene rings is 1. The number of ether oxygens (including phenoxy) is 1. The second kappa shape index (κ2) is 6.83. The summed E-state index contributed by atoms with van der Waals surface area (Å²) in [6.07, 6.45) is 1.84. The number of rotatable bonds is 5. The molecule has 1 unspecified atom stereocenters. The van der Waals surface area contributed by atoms with Gasteiger partial charge in [0.1, 0.15) is 11.1 Å². The van der Waals surface area contributed by atoms with Gasteiger partial charge in [-0.25, -0.2) is 4.98 Å². The maximum atomic E-state index is 6.05. The molecule has 3 aromatic rings. The number of thiazole rings is 1. The maximum Gasteiger partial charge on any atom is 0.122 e. The summed E-state index contributed by atoms with van der Waals surface area (Å²) >= 11 is 7.68. The standard InChI is InChI=1S/C17H18ClN3OS/c1-11(22-3)17-20-13(10-23-17)9-21(2)16-6-7-19-15-8-12(18)4-5-14(15)16/h4-8,10-11H,9H2,1-3H3. The summed E-state index contributed by atoms with van der Waals surface area (Å²) in [6, 6.07) is 7.80. The predicted molar refractivity (Wildman–Crippen MR) is 96.4 cm³/mol. The molecule has 0 aliphatic carbocycles. The Morgan fingerprint density at radius 3 is 2.96 bits per heavy atom. The van der Waals surface area contributed by atoms with E-state index in [1.165, 1.54) is 0 Å². The van der Waals surface area contributed by atoms with Crippen molar-refractivity contribution in [1.82, 2.24) is 9.97 Å². The molecule has 0 aliphatic rings. The smallest absolute Gasteiger partial charge is 0.122 e. The van der Waals surface area contributed by atoms with Crippen LogP contribution in [0.5, 0.6) is 0 Å². The lowest BCUT2D eigenvalue weighted by molar-refractivity contribution is 0.119. The zero-order valence-corrected chi connectivity index (χ0v) is 14.9. The van der Waals surface area contributed by atoms with Gasteiger partial charge in [0.25, 0.3) is 0 Å². The first-order chi connectivity index (χ1) is 11.1. The number of aromatic nitrogens is 2. The van der Waals surface area contributed by atoms with Crippen molar-refractivity contribution in [2.24, 2.45) is 0 Å². The molecule has 23 heavy (non-hydrogen) atoms. The summed E-state index contributed by atoms with van der Waals surface area (Å²) in [5.41, 5.74) is 3.05. The highest BCUT2D eigenvalue weighted by Crippen LogP contribution is 2.28. The van der Waals surface area contributed by atoms with Crippen LogP contribution in [0.1, 0.15) is 23.7 Å². The lowest BCUT2D eigenvalue weighted by atomic mass is 10.1. The SMILES string of the molecule is COC(C)c1nc(CN(C)c2ccnc3cc(Cl)ccc23)cs1. The molecular formula is C17H18ClN3OS. The molecular weight excluding hydrogens is 330 g/mol. The third-order valence-electron chi connectivity index (χ3n) is 3.76. The minimum atomic E-state index is 0.0305. The van der Waals surface area contributed by atoms with E-state index in [2.05, 4.69) is 27.3 Å². The topological polar surface area (TPSA) is 38.2 Å². The Morgan fingerprint density at radius 2 is 2.17 bits per heavy atom. The van der Waals surface area contributed by atoms with E-state index in [1.54, 1.807) is 18.4 Å². The van der Waals surface area contributed by atoms with E-state index in [-0.39, 0.29) is 6.10 Å². The van der Waals surface area contributed by atoms with E-state index >= 15 is 0 Å². The highest BCUT2D eigenvalue weighted by atomic mass is 35.5. The first-order valence-electron chi connectivity index (χ1n) is 7.31. The van der Waals surface area contributed by atoms with Gasteiger partial charge in [0.15, 0.2) is 0 Å². The second-order valence-electron chi connectivity index (χ2n) is 5.40. The summed E-state index contributed by atoms with van der Waals surface area (Å²) in [6.45, 7) is 2.74. The van der Waals surface area contributed by atoms with Crippen LogP contribution in [-0.2, 0) is 11.3 Å². The van der Waals surface area contributed by atoms with Crippen LogP contribution >= 0.6 is 22.9 Å². The lowest BCUT2D eigenvalue weighted by Gasteiger charge is -2.20. The fraction of sp³-hybridized carbons (Fsp3) is 0.294. The van der Waals surface area contributed by atoms with Gasteiger partial charge in [0, 0.05) is 41.8 Å². The van der Waals surface area contributed by atoms with Crippen LogP contribution in [0.2, 0.25) is 5.02 Å². The molecule has 2 heterocycles. The average molecular weight is 348 g/mol. The molecule has 1 aromatic carbocycles. The van der Waals surface area contributed by atoms with Gasteiger partial charge in [-0.05, 0) is 31.2 Å². The Labute approximate surface area is 144 Å². The van der Waals surface area contributed by atoms with E-state index < -0.39 is 0 Å². The van der Waals surface area contributed by atoms with Gasteiger partial charge >= 0.3 is 0 Å². The van der Waals surface area contributed by atoms with Crippen molar-refractivity contribution < 1.29 is 4.74 Å². The summed E-state index contributed by atoms with van der Waals surface area (Å²) in [5.74, 6) is 0. The van der Waals surface area contributed by atoms with Crippen molar-refractivity contribution in [2.75, 3.05) is 19.1 Å². The molecule has 0 radical (unpaired) electrons. The number of fused-ring (bicyclic) bond motifs is 1. The molecule has 1 atom stereocenters. The molecule has 0 saturated heterocycles. The minimum absolute atomic E-state index is 0.0305. The zero-order valence-electron chi connectivity index (χ0n) is 13.3. The van der Waals surface area contributed by atoms with Crippen LogP contribution in [0.15, 0.2) is 35.8 Å². The minimum Gasteiger partial charge on any atom is -0.375 e. The van der Waals surface area contributed by atoms with Gasteiger partial charge in [-0.15, -0.1) is 11.3 Å². The summed E-state index contributed by atoms with van der Waals surface area (Å²) in [5, 5.41) is 4.87. The highest BCUT2D eigenvalue weighted by molar-refractivity contribution is 7.09. The van der Waals surface area contributed by atoms with E-state index in [0.717, 1.165) is 33.8 Å². The first-order valence-corrected chi connectivity index (χ1v) is 8.56. The van der Waals surface area contributed by atoms with Crippen molar-refractivity contribution in [3.8, 4) is 0 Å². The lowest BCUT2D eigenvalue weighted by Crippen LogP contribution is -2.17. The summed E-state index contributed by atoms with van der Waals surface area (Å²) in [7, 11) is 3.76. The van der Waals surface area contributed by atoms with Crippen LogP contribution in [0, 0.1) is 0 Å². The number of pyridine rings is 1. The summed E-state index contributed by atoms with van der Waals surface area (Å²) < 4.78 is 5.32. The van der Waals surface area contributed by atoms with Gasteiger partial charge in [-0.2, -0.15) is 0 Å². The number of nitrogens with zero attached hydrogens (tertiary/aromatic N) is 3. The van der Waals surface area contributed by atoms with Crippen molar-refractivity contribution in [3.63, 3.8) is 0 Å². The van der Waals surface area contributed by atoms with Crippen LogP contribution in [0.3, 0.4) is 0 Å². The third-order valence-corrected chi connectivity index (χ3v) is 5.05. The van der Waals surface area contributed by atoms with Crippen LogP contribution in [0.4, 0.5) is 5.69 Å². The normalized spacial score (nSPS) is 12.5. The van der Waals surface area contributed by atoms with Crippen molar-refractivity contribution in [1.29, 1.82) is 0 Å². The molecule has 4 nitrogen and oxygen atoms in total. The Bertz CT molecular complexity index is 820. The number of methoxy groups -OCH3 is 1. The Kier molecular flexibility index (Phi) is 4.80. The van der Waals surface area contributed by atoms with Gasteiger partial charge in [-0.1, -0.05) is 11.6 Å². The predicted octanol–water partition coefficient (Wildman–Crippen LogP) is 4.69. The van der Waals surface area contributed by atoms with Crippen LogP contribution in [0.25, 0.3) is 10.9 Å². The van der Waals surface area contributed by atoms with Crippen LogP contribution in [-0.4, -0.2) is 24.1 Å². The first kappa shape index (κ1) is 16.2. The molecule has 0 fully saturated rings. The third kappa shape index (κ3) is 3.47. The molecule has 0 aliphatic heterocycles. The number of halogens is 1. The average Bonchev–Trinajstić information content (AvgIpc) is 3.01. The summed E-state index contributed by atoms with van der Waals surface area (Å²) in [4.78, 5) is 11.2. The fourth-order valence-corrected chi connectivity index (χ4v) is 3.46. The molecule has 2 aromatic heterocycles. The molecule has 0 bridgehead atoms. The van der Waals surface area contributed by atoms with Gasteiger partial charge < -0.3 is 9.64 Å². The van der Waals surface area contributed by atoms with Crippen molar-refractivity contribution in [3.05, 3.63) is 51.6 Å². The van der Waals surface area contributed by atoms with Crippen molar-refractivity contribution in [2.45, 2.75) is 19.6 Å². The van der Waals surface area contributed by atoms with Crippen LogP contribution < -0.4 is 4.90 Å². The van der Waals surface area contributed by atoms with E-state index in [4.69, 9.17) is 16.3 Å². The Morgan fingerprint density at radius 1 is 1.35 bits per heavy atom. The van der Waals surface area contributed by atoms with E-state index in [1.807, 2.05) is 37.4 Å². The van der Waals surface area contributed by atoms with Crippen molar-refractivity contribution >= 4 is 39.5 Å². The largest absolute Gasteiger partial charge is 0.375 e. The zero-order chi connectivity index (χ0) is 16.4. The fourth-order valence-electron chi connectivity index (χ4n) is 2.45. The van der Waals surface area contributed by atoms with Gasteiger partial charge in [0.05, 0.1) is 17.8 Å². The van der Waals surface area contributed by atoms with Gasteiger partial charge in [-0.3, -0.25) is 4.98 Å². The monoisotopic (exact) mass is 347 g/mol. The van der Waals surface area contributed by atoms with E-state index in [0.29, 0.717) is 5.02 Å². The number of hydrogen-bond acceptors (Lipinski definition) is 5. The van der Waals surface area contributed by atoms with E-state index in [9.17, 15) is 0 Å². The molecule has 120 valence electrons. The number of anilines is 1. The Hall–Kier alpha value is -1.69. The van der Waals surface area contributed by atoms with Gasteiger partial charge in [0.2, 0.25) is 0 Å². The molecule has 0 amide bonds. The Balaban J connectivity index is 1.86. The molecule has 0 saturated carbocycles. The maximum absolute atomic E-state index is 6.05. The second-order valence-corrected chi connectivity index (χ2v) is 6.73. The molecule has 3 rings (SSSR count). The number of hydrogen-bond donors (Lipinski definition) is 0. The molecule has 6 heteroatoms. The highest BCUT2D eigenvalue weighted by Gasteiger charge is 2.12.